The van der Waals surface area contributed by atoms with Crippen LogP contribution in [0.5, 0.6) is 5.75 Å². The summed E-state index contributed by atoms with van der Waals surface area (Å²) >= 11 is 0. The Balaban J connectivity index is 2.01. The third-order valence-electron chi connectivity index (χ3n) is 2.44. The van der Waals surface area contributed by atoms with Crippen LogP contribution in [-0.2, 0) is 0 Å². The molecule has 0 bridgehead atoms. The number of hydrogen-bond donors (Lipinski definition) is 2. The summed E-state index contributed by atoms with van der Waals surface area (Å²) in [6, 6.07) is 4.03. The van der Waals surface area contributed by atoms with Gasteiger partial charge in [-0.2, -0.15) is 0 Å². The minimum absolute atomic E-state index is 0.151. The fraction of sp³-hybridized carbons (Fsp3) is 0.500. The van der Waals surface area contributed by atoms with Gasteiger partial charge < -0.3 is 15.2 Å². The smallest absolute Gasteiger partial charge is 0.168 e. The number of nitrogens with one attached hydrogen (secondary N) is 1. The summed E-state index contributed by atoms with van der Waals surface area (Å²) in [4.78, 5) is 4.18. The lowest BCUT2D eigenvalue weighted by Crippen LogP contribution is -2.39. The molecule has 1 aromatic heterocycles. The van der Waals surface area contributed by atoms with Gasteiger partial charge in [0.2, 0.25) is 0 Å². The number of anilines is 1. The van der Waals surface area contributed by atoms with E-state index < -0.39 is 0 Å². The first-order valence-corrected chi connectivity index (χ1v) is 4.73. The lowest BCUT2D eigenvalue weighted by Gasteiger charge is -2.32. The van der Waals surface area contributed by atoms with Crippen molar-refractivity contribution >= 4 is 5.82 Å². The van der Waals surface area contributed by atoms with Crippen LogP contribution >= 0.6 is 0 Å². The van der Waals surface area contributed by atoms with Crippen molar-refractivity contribution in [2.75, 3.05) is 12.4 Å². The average molecular weight is 194 g/mol. The number of rotatable bonds is 3. The molecule has 2 N–H and O–H groups in total. The molecular weight excluding hydrogens is 180 g/mol. The van der Waals surface area contributed by atoms with E-state index in [2.05, 4.69) is 10.3 Å². The number of nitrogens with zero attached hydrogens (tertiary/aromatic N) is 1. The zero-order valence-corrected chi connectivity index (χ0v) is 8.10. The van der Waals surface area contributed by atoms with Crippen molar-refractivity contribution in [3.05, 3.63) is 18.3 Å². The molecule has 76 valence electrons. The summed E-state index contributed by atoms with van der Waals surface area (Å²) in [5.74, 6) is 1.50. The van der Waals surface area contributed by atoms with Gasteiger partial charge in [-0.1, -0.05) is 0 Å². The number of aliphatic hydroxyl groups excluding tert-OH is 1. The van der Waals surface area contributed by atoms with Crippen LogP contribution in [0, 0.1) is 0 Å². The number of aliphatic hydroxyl groups is 1. The Bertz CT molecular complexity index is 311. The molecule has 1 aromatic rings. The fourth-order valence-corrected chi connectivity index (χ4v) is 1.56. The summed E-state index contributed by atoms with van der Waals surface area (Å²) in [5, 5.41) is 12.4. The van der Waals surface area contributed by atoms with Gasteiger partial charge in [0.25, 0.3) is 0 Å². The normalized spacial score (nSPS) is 25.3. The van der Waals surface area contributed by atoms with E-state index in [0.717, 1.165) is 24.4 Å². The molecule has 1 heterocycles. The van der Waals surface area contributed by atoms with Crippen LogP contribution in [0.1, 0.15) is 12.8 Å². The van der Waals surface area contributed by atoms with E-state index in [-0.39, 0.29) is 6.10 Å². The third kappa shape index (κ3) is 1.80. The molecule has 1 saturated carbocycles. The Morgan fingerprint density at radius 1 is 1.57 bits per heavy atom. The quantitative estimate of drug-likeness (QED) is 0.754. The van der Waals surface area contributed by atoms with Gasteiger partial charge >= 0.3 is 0 Å². The Labute approximate surface area is 82.9 Å². The van der Waals surface area contributed by atoms with Gasteiger partial charge in [-0.3, -0.25) is 0 Å². The first-order valence-electron chi connectivity index (χ1n) is 4.73. The highest BCUT2D eigenvalue weighted by Crippen LogP contribution is 2.27. The van der Waals surface area contributed by atoms with Crippen molar-refractivity contribution in [2.24, 2.45) is 0 Å². The fourth-order valence-electron chi connectivity index (χ4n) is 1.56. The first-order chi connectivity index (χ1) is 6.79. The highest BCUT2D eigenvalue weighted by molar-refractivity contribution is 5.50. The van der Waals surface area contributed by atoms with E-state index in [1.807, 2.05) is 12.1 Å². The SMILES string of the molecule is COc1cccnc1NC1CC(O)C1. The zero-order chi connectivity index (χ0) is 9.97. The summed E-state index contributed by atoms with van der Waals surface area (Å²) in [5.41, 5.74) is 0. The molecule has 0 aromatic carbocycles. The van der Waals surface area contributed by atoms with E-state index in [1.54, 1.807) is 13.3 Å². The second kappa shape index (κ2) is 3.84. The van der Waals surface area contributed by atoms with Crippen LogP contribution in [0.2, 0.25) is 0 Å². The second-order valence-corrected chi connectivity index (χ2v) is 3.52. The molecule has 4 nitrogen and oxygen atoms in total. The van der Waals surface area contributed by atoms with Gasteiger partial charge in [0.15, 0.2) is 11.6 Å². The minimum atomic E-state index is -0.151. The Morgan fingerprint density at radius 2 is 2.36 bits per heavy atom. The van der Waals surface area contributed by atoms with Crippen molar-refractivity contribution in [1.29, 1.82) is 0 Å². The molecule has 4 heteroatoms. The van der Waals surface area contributed by atoms with Crippen LogP contribution in [0.3, 0.4) is 0 Å². The maximum Gasteiger partial charge on any atom is 0.168 e. The van der Waals surface area contributed by atoms with Crippen molar-refractivity contribution in [2.45, 2.75) is 25.0 Å². The van der Waals surface area contributed by atoms with E-state index in [0.29, 0.717) is 6.04 Å². The molecule has 0 atom stereocenters. The Morgan fingerprint density at radius 3 is 3.00 bits per heavy atom. The monoisotopic (exact) mass is 194 g/mol. The standard InChI is InChI=1S/C10H14N2O2/c1-14-9-3-2-4-11-10(9)12-7-5-8(13)6-7/h2-4,7-8,13H,5-6H2,1H3,(H,11,12). The molecule has 0 saturated heterocycles. The van der Waals surface area contributed by atoms with Gasteiger partial charge in [-0.25, -0.2) is 4.98 Å². The lowest BCUT2D eigenvalue weighted by molar-refractivity contribution is 0.0834. The predicted octanol–water partition coefficient (Wildman–Crippen LogP) is 1.03. The van der Waals surface area contributed by atoms with E-state index in [9.17, 15) is 0 Å². The van der Waals surface area contributed by atoms with Crippen LogP contribution in [-0.4, -0.2) is 29.3 Å². The zero-order valence-electron chi connectivity index (χ0n) is 8.10. The van der Waals surface area contributed by atoms with Gasteiger partial charge in [0.1, 0.15) is 0 Å². The van der Waals surface area contributed by atoms with Gasteiger partial charge in [0, 0.05) is 12.2 Å². The Kier molecular flexibility index (Phi) is 2.54. The molecule has 0 radical (unpaired) electrons. The first kappa shape index (κ1) is 9.27. The summed E-state index contributed by atoms with van der Waals surface area (Å²) in [6.07, 6.45) is 3.15. The van der Waals surface area contributed by atoms with Gasteiger partial charge in [-0.05, 0) is 25.0 Å². The lowest BCUT2D eigenvalue weighted by atomic mass is 9.89. The van der Waals surface area contributed by atoms with Crippen molar-refractivity contribution in [3.8, 4) is 5.75 Å². The van der Waals surface area contributed by atoms with Crippen LogP contribution in [0.4, 0.5) is 5.82 Å². The summed E-state index contributed by atoms with van der Waals surface area (Å²) in [7, 11) is 1.62. The van der Waals surface area contributed by atoms with Crippen molar-refractivity contribution < 1.29 is 9.84 Å². The molecule has 2 rings (SSSR count). The molecule has 1 fully saturated rings. The molecule has 0 unspecified atom stereocenters. The van der Waals surface area contributed by atoms with Crippen LogP contribution < -0.4 is 10.1 Å². The molecule has 0 amide bonds. The van der Waals surface area contributed by atoms with Gasteiger partial charge in [0.05, 0.1) is 13.2 Å². The number of pyridine rings is 1. The van der Waals surface area contributed by atoms with E-state index >= 15 is 0 Å². The molecule has 0 aliphatic heterocycles. The molecule has 1 aliphatic rings. The van der Waals surface area contributed by atoms with E-state index in [4.69, 9.17) is 9.84 Å². The predicted molar refractivity (Wildman–Crippen MR) is 53.4 cm³/mol. The highest BCUT2D eigenvalue weighted by Gasteiger charge is 2.27. The molecular formula is C10H14N2O2. The number of hydrogen-bond acceptors (Lipinski definition) is 4. The maximum atomic E-state index is 9.13. The highest BCUT2D eigenvalue weighted by atomic mass is 16.5. The van der Waals surface area contributed by atoms with Crippen LogP contribution in [0.15, 0.2) is 18.3 Å². The number of aromatic nitrogens is 1. The molecule has 1 aliphatic carbocycles. The topological polar surface area (TPSA) is 54.4 Å². The third-order valence-corrected chi connectivity index (χ3v) is 2.44. The van der Waals surface area contributed by atoms with Crippen LogP contribution in [0.25, 0.3) is 0 Å². The second-order valence-electron chi connectivity index (χ2n) is 3.52. The van der Waals surface area contributed by atoms with Crippen molar-refractivity contribution in [1.82, 2.24) is 4.98 Å². The molecule has 14 heavy (non-hydrogen) atoms. The maximum absolute atomic E-state index is 9.13. The number of ether oxygens (including phenoxy) is 1. The Hall–Kier alpha value is -1.29. The number of methoxy groups -OCH3 is 1. The largest absolute Gasteiger partial charge is 0.493 e. The van der Waals surface area contributed by atoms with Crippen molar-refractivity contribution in [3.63, 3.8) is 0 Å². The minimum Gasteiger partial charge on any atom is -0.493 e. The van der Waals surface area contributed by atoms with Gasteiger partial charge in [-0.15, -0.1) is 0 Å². The van der Waals surface area contributed by atoms with E-state index in [1.165, 1.54) is 0 Å². The average Bonchev–Trinajstić information content (AvgIpc) is 2.16. The molecule has 0 spiro atoms. The summed E-state index contributed by atoms with van der Waals surface area (Å²) in [6.45, 7) is 0. The summed E-state index contributed by atoms with van der Waals surface area (Å²) < 4.78 is 5.15.